The van der Waals surface area contributed by atoms with Crippen LogP contribution in [0.2, 0.25) is 0 Å². The summed E-state index contributed by atoms with van der Waals surface area (Å²) in [4.78, 5) is 3.11. The van der Waals surface area contributed by atoms with E-state index in [4.69, 9.17) is 5.84 Å². The van der Waals surface area contributed by atoms with Crippen molar-refractivity contribution >= 4 is 11.3 Å². The number of nitrogens with one attached hydrogen (secondary N) is 1. The minimum absolute atomic E-state index is 0.392. The van der Waals surface area contributed by atoms with E-state index in [1.54, 1.807) is 10.4 Å². The Balaban J connectivity index is 1.71. The summed E-state index contributed by atoms with van der Waals surface area (Å²) in [6.45, 7) is 0. The van der Waals surface area contributed by atoms with Gasteiger partial charge in [-0.3, -0.25) is 11.3 Å². The molecular weight excluding hydrogens is 240 g/mol. The fraction of sp³-hybridized carbons (Fsp3) is 0.733. The van der Waals surface area contributed by atoms with E-state index in [-0.39, 0.29) is 0 Å². The standard InChI is InChI=1S/C15H24N2S/c16-17-13(9-11-5-1-2-6-11)15-10-12-7-3-4-8-14(12)18-15/h10-11,13,17H,1-9,16H2. The summed E-state index contributed by atoms with van der Waals surface area (Å²) in [6, 6.07) is 2.82. The largest absolute Gasteiger partial charge is 0.271 e. The van der Waals surface area contributed by atoms with Gasteiger partial charge in [0.15, 0.2) is 0 Å². The highest BCUT2D eigenvalue weighted by atomic mass is 32.1. The predicted molar refractivity (Wildman–Crippen MR) is 77.6 cm³/mol. The fourth-order valence-electron chi connectivity index (χ4n) is 3.53. The highest BCUT2D eigenvalue weighted by Gasteiger charge is 2.23. The number of nitrogens with two attached hydrogens (primary N) is 1. The van der Waals surface area contributed by atoms with Crippen LogP contribution in [0.15, 0.2) is 6.07 Å². The smallest absolute Gasteiger partial charge is 0.0556 e. The van der Waals surface area contributed by atoms with Gasteiger partial charge in [0.25, 0.3) is 0 Å². The molecule has 0 radical (unpaired) electrons. The quantitative estimate of drug-likeness (QED) is 0.642. The van der Waals surface area contributed by atoms with Crippen molar-refractivity contribution in [3.05, 3.63) is 21.4 Å². The Bertz CT molecular complexity index is 370. The SMILES string of the molecule is NNC(CC1CCCC1)c1cc2c(s1)CCCC2. The maximum atomic E-state index is 5.80. The number of hydrogen-bond donors (Lipinski definition) is 2. The Morgan fingerprint density at radius 1 is 1.22 bits per heavy atom. The van der Waals surface area contributed by atoms with Crippen molar-refractivity contribution in [2.24, 2.45) is 11.8 Å². The molecule has 1 atom stereocenters. The molecule has 100 valence electrons. The van der Waals surface area contributed by atoms with Crippen molar-refractivity contribution in [1.82, 2.24) is 5.43 Å². The van der Waals surface area contributed by atoms with Gasteiger partial charge in [-0.1, -0.05) is 25.7 Å². The first-order valence-corrected chi connectivity index (χ1v) is 8.26. The summed E-state index contributed by atoms with van der Waals surface area (Å²) in [5, 5.41) is 0. The number of rotatable bonds is 4. The van der Waals surface area contributed by atoms with Crippen LogP contribution in [0, 0.1) is 5.92 Å². The highest BCUT2D eigenvalue weighted by molar-refractivity contribution is 7.12. The van der Waals surface area contributed by atoms with Gasteiger partial charge in [-0.05, 0) is 49.7 Å². The van der Waals surface area contributed by atoms with E-state index in [1.165, 1.54) is 62.7 Å². The van der Waals surface area contributed by atoms with Crippen molar-refractivity contribution < 1.29 is 0 Å². The zero-order valence-electron chi connectivity index (χ0n) is 11.1. The van der Waals surface area contributed by atoms with Crippen LogP contribution in [0.1, 0.15) is 66.3 Å². The third-order valence-corrected chi connectivity index (χ3v) is 5.95. The molecule has 1 fully saturated rings. The molecule has 0 spiro atoms. The summed E-state index contributed by atoms with van der Waals surface area (Å²) in [6.07, 6.45) is 12.2. The van der Waals surface area contributed by atoms with E-state index in [1.807, 2.05) is 11.3 Å². The van der Waals surface area contributed by atoms with Gasteiger partial charge in [0, 0.05) is 9.75 Å². The Morgan fingerprint density at radius 2 is 2.00 bits per heavy atom. The molecule has 3 N–H and O–H groups in total. The third-order valence-electron chi connectivity index (χ3n) is 4.60. The van der Waals surface area contributed by atoms with Crippen molar-refractivity contribution in [3.8, 4) is 0 Å². The molecule has 0 bridgehead atoms. The van der Waals surface area contributed by atoms with Crippen LogP contribution < -0.4 is 11.3 Å². The second kappa shape index (κ2) is 5.72. The minimum Gasteiger partial charge on any atom is -0.271 e. The van der Waals surface area contributed by atoms with E-state index in [0.29, 0.717) is 6.04 Å². The first-order chi connectivity index (χ1) is 8.86. The monoisotopic (exact) mass is 264 g/mol. The normalized spacial score (nSPS) is 22.1. The number of thiophene rings is 1. The lowest BCUT2D eigenvalue weighted by atomic mass is 9.95. The van der Waals surface area contributed by atoms with Gasteiger partial charge in [-0.2, -0.15) is 0 Å². The second-order valence-electron chi connectivity index (χ2n) is 5.91. The molecule has 1 aromatic heterocycles. The number of hydrazine groups is 1. The summed E-state index contributed by atoms with van der Waals surface area (Å²) in [7, 11) is 0. The third kappa shape index (κ3) is 2.63. The molecule has 2 aliphatic rings. The molecule has 18 heavy (non-hydrogen) atoms. The number of fused-ring (bicyclic) bond motifs is 1. The second-order valence-corrected chi connectivity index (χ2v) is 7.08. The number of hydrogen-bond acceptors (Lipinski definition) is 3. The Kier molecular flexibility index (Phi) is 4.02. The van der Waals surface area contributed by atoms with Crippen molar-refractivity contribution in [1.29, 1.82) is 0 Å². The van der Waals surface area contributed by atoms with Crippen LogP contribution >= 0.6 is 11.3 Å². The average molecular weight is 264 g/mol. The lowest BCUT2D eigenvalue weighted by Crippen LogP contribution is -2.28. The van der Waals surface area contributed by atoms with E-state index in [2.05, 4.69) is 11.5 Å². The highest BCUT2D eigenvalue weighted by Crippen LogP contribution is 2.37. The van der Waals surface area contributed by atoms with E-state index in [0.717, 1.165) is 5.92 Å². The predicted octanol–water partition coefficient (Wildman–Crippen LogP) is 3.71. The first-order valence-electron chi connectivity index (χ1n) is 7.44. The van der Waals surface area contributed by atoms with Gasteiger partial charge < -0.3 is 0 Å². The lowest BCUT2D eigenvalue weighted by molar-refractivity contribution is 0.404. The molecule has 0 saturated heterocycles. The summed E-state index contributed by atoms with van der Waals surface area (Å²) in [5.74, 6) is 6.69. The Hall–Kier alpha value is -0.380. The molecule has 3 rings (SSSR count). The van der Waals surface area contributed by atoms with Crippen LogP contribution in [0.3, 0.4) is 0 Å². The van der Waals surface area contributed by atoms with Gasteiger partial charge in [0.05, 0.1) is 6.04 Å². The van der Waals surface area contributed by atoms with Crippen LogP contribution in [0.25, 0.3) is 0 Å². The first kappa shape index (κ1) is 12.6. The average Bonchev–Trinajstić information content (AvgIpc) is 3.04. The van der Waals surface area contributed by atoms with Gasteiger partial charge in [-0.25, -0.2) is 0 Å². The van der Waals surface area contributed by atoms with Crippen LogP contribution in [-0.4, -0.2) is 0 Å². The zero-order valence-corrected chi connectivity index (χ0v) is 11.9. The van der Waals surface area contributed by atoms with E-state index < -0.39 is 0 Å². The topological polar surface area (TPSA) is 38.0 Å². The van der Waals surface area contributed by atoms with Gasteiger partial charge in [0.2, 0.25) is 0 Å². The summed E-state index contributed by atoms with van der Waals surface area (Å²) >= 11 is 2.01. The number of aryl methyl sites for hydroxylation is 2. The zero-order chi connectivity index (χ0) is 12.4. The molecule has 3 heteroatoms. The minimum atomic E-state index is 0.392. The van der Waals surface area contributed by atoms with Crippen molar-refractivity contribution in [3.63, 3.8) is 0 Å². The summed E-state index contributed by atoms with van der Waals surface area (Å²) < 4.78 is 0. The molecule has 1 heterocycles. The molecule has 0 aliphatic heterocycles. The lowest BCUT2D eigenvalue weighted by Gasteiger charge is -2.18. The molecule has 2 aliphatic carbocycles. The van der Waals surface area contributed by atoms with Crippen molar-refractivity contribution in [2.45, 2.75) is 63.8 Å². The molecule has 1 unspecified atom stereocenters. The molecule has 1 aromatic rings. The van der Waals surface area contributed by atoms with Gasteiger partial charge >= 0.3 is 0 Å². The van der Waals surface area contributed by atoms with Crippen LogP contribution in [0.5, 0.6) is 0 Å². The molecule has 0 amide bonds. The van der Waals surface area contributed by atoms with Gasteiger partial charge in [0.1, 0.15) is 0 Å². The molecular formula is C15H24N2S. The maximum Gasteiger partial charge on any atom is 0.0556 e. The van der Waals surface area contributed by atoms with Gasteiger partial charge in [-0.15, -0.1) is 11.3 Å². The molecule has 1 saturated carbocycles. The molecule has 0 aromatic carbocycles. The van der Waals surface area contributed by atoms with Crippen LogP contribution in [-0.2, 0) is 12.8 Å². The van der Waals surface area contributed by atoms with Crippen molar-refractivity contribution in [2.75, 3.05) is 0 Å². The Labute approximate surface area is 114 Å². The Morgan fingerprint density at radius 3 is 2.72 bits per heavy atom. The van der Waals surface area contributed by atoms with Crippen LogP contribution in [0.4, 0.5) is 0 Å². The fourth-order valence-corrected chi connectivity index (χ4v) is 4.86. The van der Waals surface area contributed by atoms with E-state index >= 15 is 0 Å². The summed E-state index contributed by atoms with van der Waals surface area (Å²) in [5.41, 5.74) is 4.67. The maximum absolute atomic E-state index is 5.80. The van der Waals surface area contributed by atoms with E-state index in [9.17, 15) is 0 Å². The molecule has 2 nitrogen and oxygen atoms in total.